The fourth-order valence-corrected chi connectivity index (χ4v) is 4.21. The molecule has 0 unspecified atom stereocenters. The van der Waals surface area contributed by atoms with Gasteiger partial charge in [0.15, 0.2) is 8.68 Å². The molecule has 1 aromatic heterocycles. The molecule has 2 aromatic rings. The highest BCUT2D eigenvalue weighted by Crippen LogP contribution is 2.27. The zero-order chi connectivity index (χ0) is 15.9. The van der Waals surface area contributed by atoms with Crippen molar-refractivity contribution in [3.63, 3.8) is 0 Å². The van der Waals surface area contributed by atoms with Crippen LogP contribution in [0.2, 0.25) is 0 Å². The first-order valence-corrected chi connectivity index (χ1v) is 9.96. The number of carbonyl (C=O) groups is 1. The molecular weight excluding hydrogens is 334 g/mol. The first-order valence-electron chi connectivity index (χ1n) is 6.94. The van der Waals surface area contributed by atoms with Crippen molar-refractivity contribution in [1.82, 2.24) is 15.1 Å². The Balaban J connectivity index is 1.94. The van der Waals surface area contributed by atoms with Crippen LogP contribution in [0.5, 0.6) is 0 Å². The van der Waals surface area contributed by atoms with Crippen molar-refractivity contribution >= 4 is 40.8 Å². The fraction of sp³-hybridized carbons (Fsp3) is 0.400. The Bertz CT molecular complexity index is 601. The molecule has 0 N–H and O–H groups in total. The van der Waals surface area contributed by atoms with Crippen LogP contribution in [0.4, 0.5) is 0 Å². The molecular formula is C15H19N3OS3. The minimum atomic E-state index is 0.129. The molecule has 0 aliphatic heterocycles. The van der Waals surface area contributed by atoms with Crippen LogP contribution in [0.25, 0.3) is 0 Å². The minimum absolute atomic E-state index is 0.129. The summed E-state index contributed by atoms with van der Waals surface area (Å²) in [4.78, 5) is 14.4. The number of rotatable bonds is 7. The second-order valence-corrected chi connectivity index (χ2v) is 8.18. The molecule has 1 amide bonds. The van der Waals surface area contributed by atoms with Gasteiger partial charge in [0.25, 0.3) is 0 Å². The number of benzene rings is 1. The standard InChI is InChI=1S/C15H19N3OS3/c1-11(2)18(9-12-7-5-4-6-8-12)13(19)10-21-15-17-16-14(20-3)22-15/h4-8,11H,9-10H2,1-3H3. The normalized spacial score (nSPS) is 10.9. The van der Waals surface area contributed by atoms with Crippen LogP contribution in [0.1, 0.15) is 19.4 Å². The van der Waals surface area contributed by atoms with E-state index in [0.29, 0.717) is 12.3 Å². The lowest BCUT2D eigenvalue weighted by molar-refractivity contribution is -0.130. The van der Waals surface area contributed by atoms with E-state index in [-0.39, 0.29) is 11.9 Å². The van der Waals surface area contributed by atoms with Crippen LogP contribution >= 0.6 is 34.9 Å². The molecule has 0 atom stereocenters. The van der Waals surface area contributed by atoms with Crippen molar-refractivity contribution in [3.8, 4) is 0 Å². The van der Waals surface area contributed by atoms with Crippen molar-refractivity contribution in [2.75, 3.05) is 12.0 Å². The predicted octanol–water partition coefficient (Wildman–Crippen LogP) is 3.79. The molecule has 0 saturated carbocycles. The maximum absolute atomic E-state index is 12.5. The van der Waals surface area contributed by atoms with Gasteiger partial charge in [0, 0.05) is 12.6 Å². The Morgan fingerprint density at radius 2 is 1.91 bits per heavy atom. The zero-order valence-electron chi connectivity index (χ0n) is 12.9. The fourth-order valence-electron chi connectivity index (χ4n) is 1.88. The van der Waals surface area contributed by atoms with Crippen LogP contribution in [0.15, 0.2) is 39.0 Å². The van der Waals surface area contributed by atoms with Gasteiger partial charge in [0.1, 0.15) is 0 Å². The molecule has 0 fully saturated rings. The Morgan fingerprint density at radius 1 is 1.23 bits per heavy atom. The van der Waals surface area contributed by atoms with E-state index in [2.05, 4.69) is 10.2 Å². The molecule has 4 nitrogen and oxygen atoms in total. The van der Waals surface area contributed by atoms with Gasteiger partial charge in [0.2, 0.25) is 5.91 Å². The summed E-state index contributed by atoms with van der Waals surface area (Å²) in [6.45, 7) is 4.73. The van der Waals surface area contributed by atoms with Crippen molar-refractivity contribution in [2.45, 2.75) is 35.1 Å². The third-order valence-corrected chi connectivity index (χ3v) is 6.04. The topological polar surface area (TPSA) is 46.1 Å². The van der Waals surface area contributed by atoms with Crippen LogP contribution < -0.4 is 0 Å². The summed E-state index contributed by atoms with van der Waals surface area (Å²) in [5.74, 6) is 0.526. The van der Waals surface area contributed by atoms with Gasteiger partial charge >= 0.3 is 0 Å². The van der Waals surface area contributed by atoms with Crippen molar-refractivity contribution in [1.29, 1.82) is 0 Å². The summed E-state index contributed by atoms with van der Waals surface area (Å²) in [5.41, 5.74) is 1.15. The SMILES string of the molecule is CSc1nnc(SCC(=O)N(Cc2ccccc2)C(C)C)s1. The molecule has 2 rings (SSSR count). The number of thioether (sulfide) groups is 2. The van der Waals surface area contributed by atoms with Gasteiger partial charge in [0.05, 0.1) is 5.75 Å². The molecule has 0 aliphatic rings. The van der Waals surface area contributed by atoms with Crippen LogP contribution in [-0.4, -0.2) is 39.1 Å². The Labute approximate surface area is 143 Å². The molecule has 0 spiro atoms. The maximum Gasteiger partial charge on any atom is 0.233 e. The summed E-state index contributed by atoms with van der Waals surface area (Å²) in [6, 6.07) is 10.2. The predicted molar refractivity (Wildman–Crippen MR) is 94.5 cm³/mol. The molecule has 0 aliphatic carbocycles. The number of aromatic nitrogens is 2. The largest absolute Gasteiger partial charge is 0.335 e. The average molecular weight is 354 g/mol. The number of amides is 1. The van der Waals surface area contributed by atoms with Gasteiger partial charge < -0.3 is 4.90 Å². The maximum atomic E-state index is 12.5. The van der Waals surface area contributed by atoms with Gasteiger partial charge in [-0.05, 0) is 25.7 Å². The van der Waals surface area contributed by atoms with Gasteiger partial charge in [-0.3, -0.25) is 4.79 Å². The summed E-state index contributed by atoms with van der Waals surface area (Å²) in [7, 11) is 0. The van der Waals surface area contributed by atoms with Crippen LogP contribution in [0, 0.1) is 0 Å². The van der Waals surface area contributed by atoms with Gasteiger partial charge in [-0.15, -0.1) is 10.2 Å². The molecule has 22 heavy (non-hydrogen) atoms. The van der Waals surface area contributed by atoms with E-state index in [9.17, 15) is 4.79 Å². The highest BCUT2D eigenvalue weighted by Gasteiger charge is 2.18. The zero-order valence-corrected chi connectivity index (χ0v) is 15.3. The first-order chi connectivity index (χ1) is 10.6. The highest BCUT2D eigenvalue weighted by molar-refractivity contribution is 8.03. The average Bonchev–Trinajstić information content (AvgIpc) is 2.99. The lowest BCUT2D eigenvalue weighted by atomic mass is 10.2. The Kier molecular flexibility index (Phi) is 6.72. The van der Waals surface area contributed by atoms with E-state index in [4.69, 9.17) is 0 Å². The second-order valence-electron chi connectivity index (χ2n) is 4.93. The van der Waals surface area contributed by atoms with Gasteiger partial charge in [-0.1, -0.05) is 65.2 Å². The molecule has 1 aromatic carbocycles. The highest BCUT2D eigenvalue weighted by atomic mass is 32.2. The van der Waals surface area contributed by atoms with Gasteiger partial charge in [-0.25, -0.2) is 0 Å². The summed E-state index contributed by atoms with van der Waals surface area (Å²) in [6.07, 6.45) is 1.97. The lowest BCUT2D eigenvalue weighted by Crippen LogP contribution is -2.37. The van der Waals surface area contributed by atoms with E-state index in [1.54, 1.807) is 11.8 Å². The van der Waals surface area contributed by atoms with E-state index >= 15 is 0 Å². The third-order valence-electron chi connectivity index (χ3n) is 3.02. The molecule has 7 heteroatoms. The number of hydrogen-bond donors (Lipinski definition) is 0. The smallest absolute Gasteiger partial charge is 0.233 e. The van der Waals surface area contributed by atoms with Crippen molar-refractivity contribution in [2.24, 2.45) is 0 Å². The van der Waals surface area contributed by atoms with Gasteiger partial charge in [-0.2, -0.15) is 0 Å². The minimum Gasteiger partial charge on any atom is -0.335 e. The quantitative estimate of drug-likeness (QED) is 0.709. The molecule has 1 heterocycles. The third kappa shape index (κ3) is 5.00. The van der Waals surface area contributed by atoms with E-state index in [0.717, 1.165) is 14.2 Å². The molecule has 0 radical (unpaired) electrons. The van der Waals surface area contributed by atoms with Crippen molar-refractivity contribution < 1.29 is 4.79 Å². The number of carbonyl (C=O) groups excluding carboxylic acids is 1. The number of hydrogen-bond acceptors (Lipinski definition) is 6. The first kappa shape index (κ1) is 17.3. The Morgan fingerprint density at radius 3 is 2.50 bits per heavy atom. The monoisotopic (exact) mass is 353 g/mol. The van der Waals surface area contributed by atoms with E-state index < -0.39 is 0 Å². The molecule has 0 bridgehead atoms. The molecule has 118 valence electrons. The second kappa shape index (κ2) is 8.55. The molecule has 0 saturated heterocycles. The van der Waals surface area contributed by atoms with E-state index in [1.165, 1.54) is 23.1 Å². The lowest BCUT2D eigenvalue weighted by Gasteiger charge is -2.26. The summed E-state index contributed by atoms with van der Waals surface area (Å²) < 4.78 is 1.78. The summed E-state index contributed by atoms with van der Waals surface area (Å²) >= 11 is 4.57. The number of nitrogens with zero attached hydrogens (tertiary/aromatic N) is 3. The Hall–Kier alpha value is -1.05. The van der Waals surface area contributed by atoms with Crippen LogP contribution in [0.3, 0.4) is 0 Å². The van der Waals surface area contributed by atoms with Crippen molar-refractivity contribution in [3.05, 3.63) is 35.9 Å². The summed E-state index contributed by atoms with van der Waals surface area (Å²) in [5, 5.41) is 8.13. The van der Waals surface area contributed by atoms with E-state index in [1.807, 2.05) is 55.3 Å². The van der Waals surface area contributed by atoms with Crippen LogP contribution in [-0.2, 0) is 11.3 Å².